The van der Waals surface area contributed by atoms with Crippen LogP contribution in [0, 0.1) is 0 Å². The first-order valence-corrected chi connectivity index (χ1v) is 8.74. The molecule has 1 N–H and O–H groups in total. The minimum atomic E-state index is -0.653. The molecule has 6 heteroatoms. The molecule has 0 bridgehead atoms. The van der Waals surface area contributed by atoms with Crippen LogP contribution in [0.5, 0.6) is 5.75 Å². The van der Waals surface area contributed by atoms with Gasteiger partial charge < -0.3 is 10.0 Å². The monoisotopic (exact) mass is 361 g/mol. The van der Waals surface area contributed by atoms with E-state index in [9.17, 15) is 14.7 Å². The Bertz CT molecular complexity index is 992. The average Bonchev–Trinajstić information content (AvgIpc) is 2.70. The van der Waals surface area contributed by atoms with Crippen LogP contribution in [0.25, 0.3) is 0 Å². The maximum absolute atomic E-state index is 12.6. The van der Waals surface area contributed by atoms with Crippen molar-refractivity contribution in [2.45, 2.75) is 12.0 Å². The standard InChI is InChI=1S/C21H19N3O3/c1-23-13-16(24-19(21(23)27)20(26)17(25)12-22-24)18(14-8-4-2-5-9-14)15-10-6-3-7-11-15/h2-12,16,18,26H,13H2,1H3. The van der Waals surface area contributed by atoms with E-state index in [1.807, 2.05) is 60.7 Å². The maximum Gasteiger partial charge on any atom is 0.275 e. The first-order valence-electron chi connectivity index (χ1n) is 8.74. The largest absolute Gasteiger partial charge is 0.502 e. The topological polar surface area (TPSA) is 75.4 Å². The van der Waals surface area contributed by atoms with Gasteiger partial charge in [-0.25, -0.2) is 0 Å². The number of rotatable bonds is 3. The molecule has 1 aliphatic rings. The summed E-state index contributed by atoms with van der Waals surface area (Å²) in [5, 5.41) is 14.5. The number of benzene rings is 2. The van der Waals surface area contributed by atoms with Gasteiger partial charge in [-0.1, -0.05) is 60.7 Å². The van der Waals surface area contributed by atoms with Crippen molar-refractivity contribution in [2.24, 2.45) is 0 Å². The van der Waals surface area contributed by atoms with Gasteiger partial charge in [0, 0.05) is 19.5 Å². The van der Waals surface area contributed by atoms with Crippen LogP contribution in [0.4, 0.5) is 0 Å². The first-order chi connectivity index (χ1) is 13.1. The van der Waals surface area contributed by atoms with Gasteiger partial charge in [-0.3, -0.25) is 14.3 Å². The van der Waals surface area contributed by atoms with Crippen molar-refractivity contribution in [1.29, 1.82) is 0 Å². The SMILES string of the molecule is CN1CC(C(c2ccccc2)c2ccccc2)n2ncc(=O)c(O)c2C1=O. The summed E-state index contributed by atoms with van der Waals surface area (Å²) in [7, 11) is 1.67. The molecule has 2 aromatic carbocycles. The molecule has 0 saturated heterocycles. The molecular weight excluding hydrogens is 342 g/mol. The smallest absolute Gasteiger partial charge is 0.275 e. The summed E-state index contributed by atoms with van der Waals surface area (Å²) in [4.78, 5) is 26.0. The molecule has 1 amide bonds. The molecular formula is C21H19N3O3. The highest BCUT2D eigenvalue weighted by Crippen LogP contribution is 2.38. The maximum atomic E-state index is 12.6. The van der Waals surface area contributed by atoms with Crippen molar-refractivity contribution in [3.05, 3.63) is 93.9 Å². The van der Waals surface area contributed by atoms with Gasteiger partial charge in [0.25, 0.3) is 5.91 Å². The third-order valence-electron chi connectivity index (χ3n) is 5.01. The molecule has 27 heavy (non-hydrogen) atoms. The van der Waals surface area contributed by atoms with Gasteiger partial charge >= 0.3 is 0 Å². The molecule has 1 aliphatic heterocycles. The highest BCUT2D eigenvalue weighted by Gasteiger charge is 2.38. The van der Waals surface area contributed by atoms with E-state index in [1.165, 1.54) is 9.58 Å². The Morgan fingerprint density at radius 3 is 2.11 bits per heavy atom. The zero-order valence-electron chi connectivity index (χ0n) is 14.8. The summed E-state index contributed by atoms with van der Waals surface area (Å²) in [6.07, 6.45) is 1.07. The molecule has 0 spiro atoms. The van der Waals surface area contributed by atoms with Crippen molar-refractivity contribution >= 4 is 5.91 Å². The molecule has 0 aliphatic carbocycles. The van der Waals surface area contributed by atoms with Crippen LogP contribution in [0.2, 0.25) is 0 Å². The van der Waals surface area contributed by atoms with Crippen LogP contribution in [-0.2, 0) is 0 Å². The zero-order chi connectivity index (χ0) is 19.0. The molecule has 1 aromatic heterocycles. The minimum Gasteiger partial charge on any atom is -0.502 e. The lowest BCUT2D eigenvalue weighted by atomic mass is 9.84. The predicted octanol–water partition coefficient (Wildman–Crippen LogP) is 2.41. The Morgan fingerprint density at radius 1 is 1.00 bits per heavy atom. The van der Waals surface area contributed by atoms with Gasteiger partial charge in [0.05, 0.1) is 12.2 Å². The molecule has 0 radical (unpaired) electrons. The van der Waals surface area contributed by atoms with Gasteiger partial charge in [-0.2, -0.15) is 5.10 Å². The third-order valence-corrected chi connectivity index (χ3v) is 5.01. The summed E-state index contributed by atoms with van der Waals surface area (Å²) < 4.78 is 1.50. The number of amides is 1. The fraction of sp³-hybridized carbons (Fsp3) is 0.190. The Labute approximate surface area is 156 Å². The van der Waals surface area contributed by atoms with Crippen molar-refractivity contribution in [3.8, 4) is 5.75 Å². The summed E-state index contributed by atoms with van der Waals surface area (Å²) in [6.45, 7) is 0.412. The number of hydrogen-bond donors (Lipinski definition) is 1. The van der Waals surface area contributed by atoms with E-state index in [1.54, 1.807) is 7.05 Å². The molecule has 0 saturated carbocycles. The molecule has 2 heterocycles. The van der Waals surface area contributed by atoms with Gasteiger partial charge in [0.15, 0.2) is 11.4 Å². The quantitative estimate of drug-likeness (QED) is 0.777. The Hall–Kier alpha value is -3.41. The number of nitrogens with zero attached hydrogens (tertiary/aromatic N) is 3. The fourth-order valence-electron chi connectivity index (χ4n) is 3.74. The lowest BCUT2D eigenvalue weighted by molar-refractivity contribution is 0.0686. The summed E-state index contributed by atoms with van der Waals surface area (Å²) in [6, 6.07) is 19.7. The summed E-state index contributed by atoms with van der Waals surface area (Å²) >= 11 is 0. The van der Waals surface area contributed by atoms with Crippen LogP contribution < -0.4 is 5.43 Å². The molecule has 1 atom stereocenters. The highest BCUT2D eigenvalue weighted by atomic mass is 16.3. The zero-order valence-corrected chi connectivity index (χ0v) is 14.8. The van der Waals surface area contributed by atoms with E-state index >= 15 is 0 Å². The van der Waals surface area contributed by atoms with Crippen LogP contribution >= 0.6 is 0 Å². The summed E-state index contributed by atoms with van der Waals surface area (Å²) in [5.41, 5.74) is 1.43. The van der Waals surface area contributed by atoms with Crippen molar-refractivity contribution < 1.29 is 9.90 Å². The van der Waals surface area contributed by atoms with Crippen LogP contribution in [0.1, 0.15) is 33.6 Å². The van der Waals surface area contributed by atoms with E-state index in [0.717, 1.165) is 17.3 Å². The van der Waals surface area contributed by atoms with Gasteiger partial charge in [0.1, 0.15) is 0 Å². The Balaban J connectivity index is 1.94. The molecule has 1 unspecified atom stereocenters. The third kappa shape index (κ3) is 2.89. The Kier molecular flexibility index (Phi) is 4.24. The average molecular weight is 361 g/mol. The highest BCUT2D eigenvalue weighted by molar-refractivity contribution is 5.95. The van der Waals surface area contributed by atoms with Gasteiger partial charge in [-0.15, -0.1) is 0 Å². The molecule has 0 fully saturated rings. The lowest BCUT2D eigenvalue weighted by Crippen LogP contribution is -2.45. The number of fused-ring (bicyclic) bond motifs is 1. The second-order valence-corrected chi connectivity index (χ2v) is 6.70. The van der Waals surface area contributed by atoms with E-state index in [0.29, 0.717) is 6.54 Å². The number of aromatic hydroxyl groups is 1. The van der Waals surface area contributed by atoms with Gasteiger partial charge in [-0.05, 0) is 11.1 Å². The van der Waals surface area contributed by atoms with Crippen LogP contribution in [0.3, 0.4) is 0 Å². The lowest BCUT2D eigenvalue weighted by Gasteiger charge is -2.37. The van der Waals surface area contributed by atoms with Gasteiger partial charge in [0.2, 0.25) is 5.43 Å². The Morgan fingerprint density at radius 2 is 1.56 bits per heavy atom. The van der Waals surface area contributed by atoms with Crippen molar-refractivity contribution in [3.63, 3.8) is 0 Å². The van der Waals surface area contributed by atoms with Crippen LogP contribution in [0.15, 0.2) is 71.7 Å². The second-order valence-electron chi connectivity index (χ2n) is 6.70. The summed E-state index contributed by atoms with van der Waals surface area (Å²) in [5.74, 6) is -1.06. The van der Waals surface area contributed by atoms with E-state index in [-0.39, 0.29) is 17.7 Å². The number of carbonyl (C=O) groups is 1. The van der Waals surface area contributed by atoms with E-state index < -0.39 is 17.1 Å². The van der Waals surface area contributed by atoms with E-state index in [4.69, 9.17) is 0 Å². The molecule has 136 valence electrons. The molecule has 4 rings (SSSR count). The second kappa shape index (κ2) is 6.72. The number of likely N-dealkylation sites (N-methyl/N-ethyl adjacent to an activating group) is 1. The minimum absolute atomic E-state index is 0.0573. The molecule has 3 aromatic rings. The van der Waals surface area contributed by atoms with Crippen molar-refractivity contribution in [2.75, 3.05) is 13.6 Å². The predicted molar refractivity (Wildman–Crippen MR) is 101 cm³/mol. The van der Waals surface area contributed by atoms with E-state index in [2.05, 4.69) is 5.10 Å². The van der Waals surface area contributed by atoms with Crippen LogP contribution in [-0.4, -0.2) is 39.3 Å². The molecule has 6 nitrogen and oxygen atoms in total. The number of aromatic nitrogens is 2. The normalized spacial score (nSPS) is 16.4. The number of carbonyl (C=O) groups excluding carboxylic acids is 1. The van der Waals surface area contributed by atoms with Crippen molar-refractivity contribution in [1.82, 2.24) is 14.7 Å². The first kappa shape index (κ1) is 17.0. The fourth-order valence-corrected chi connectivity index (χ4v) is 3.74. The number of hydrogen-bond acceptors (Lipinski definition) is 4.